The van der Waals surface area contributed by atoms with Crippen LogP contribution in [0, 0.1) is 0 Å². The average molecular weight is 358 g/mol. The fourth-order valence-corrected chi connectivity index (χ4v) is 3.83. The Hall–Kier alpha value is -2.02. The van der Waals surface area contributed by atoms with Crippen LogP contribution in [0.15, 0.2) is 52.5 Å². The molecular formula is C18H19N3OS2. The predicted molar refractivity (Wildman–Crippen MR) is 101 cm³/mol. The molecule has 0 aliphatic carbocycles. The highest BCUT2D eigenvalue weighted by Crippen LogP contribution is 2.25. The van der Waals surface area contributed by atoms with Gasteiger partial charge in [0.1, 0.15) is 10.7 Å². The molecule has 24 heavy (non-hydrogen) atoms. The first kappa shape index (κ1) is 16.8. The molecule has 0 aliphatic rings. The Morgan fingerprint density at radius 2 is 2.04 bits per heavy atom. The van der Waals surface area contributed by atoms with Crippen LogP contribution in [0.5, 0.6) is 0 Å². The molecule has 2 aromatic heterocycles. The van der Waals surface area contributed by atoms with Crippen molar-refractivity contribution in [3.63, 3.8) is 0 Å². The van der Waals surface area contributed by atoms with Crippen LogP contribution in [-0.4, -0.2) is 35.9 Å². The Balaban J connectivity index is 1.46. The number of benzene rings is 1. The van der Waals surface area contributed by atoms with Gasteiger partial charge in [-0.3, -0.25) is 4.79 Å². The third-order valence-corrected chi connectivity index (χ3v) is 5.15. The molecule has 0 spiro atoms. The van der Waals surface area contributed by atoms with Gasteiger partial charge in [-0.25, -0.2) is 4.98 Å². The third-order valence-electron chi connectivity index (χ3n) is 3.58. The fourth-order valence-electron chi connectivity index (χ4n) is 2.32. The molecule has 0 aliphatic heterocycles. The molecule has 3 aromatic rings. The quantitative estimate of drug-likeness (QED) is 0.701. The highest BCUT2D eigenvalue weighted by molar-refractivity contribution is 7.14. The Morgan fingerprint density at radius 3 is 2.79 bits per heavy atom. The summed E-state index contributed by atoms with van der Waals surface area (Å²) in [4.78, 5) is 18.8. The van der Waals surface area contributed by atoms with Gasteiger partial charge in [-0.15, -0.1) is 11.3 Å². The van der Waals surface area contributed by atoms with E-state index in [2.05, 4.69) is 34.4 Å². The number of thiophene rings is 1. The SMILES string of the molecule is CN(CCNC(=O)c1csc(-c2ccsc2)n1)Cc1ccccc1. The van der Waals surface area contributed by atoms with Gasteiger partial charge in [-0.1, -0.05) is 30.3 Å². The molecule has 6 heteroatoms. The number of hydrogen-bond donors (Lipinski definition) is 1. The number of carbonyl (C=O) groups excluding carboxylic acids is 1. The van der Waals surface area contributed by atoms with Gasteiger partial charge in [0.25, 0.3) is 5.91 Å². The van der Waals surface area contributed by atoms with Crippen molar-refractivity contribution in [3.8, 4) is 10.6 Å². The zero-order valence-corrected chi connectivity index (χ0v) is 15.1. The fraction of sp³-hybridized carbons (Fsp3) is 0.222. The smallest absolute Gasteiger partial charge is 0.270 e. The van der Waals surface area contributed by atoms with E-state index in [4.69, 9.17) is 0 Å². The van der Waals surface area contributed by atoms with Crippen LogP contribution < -0.4 is 5.32 Å². The Labute approximate surface area is 149 Å². The molecule has 2 heterocycles. The van der Waals surface area contributed by atoms with E-state index in [1.807, 2.05) is 40.4 Å². The summed E-state index contributed by atoms with van der Waals surface area (Å²) in [6.45, 7) is 2.27. The van der Waals surface area contributed by atoms with Crippen LogP contribution in [0.25, 0.3) is 10.6 Å². The van der Waals surface area contributed by atoms with Crippen molar-refractivity contribution in [2.75, 3.05) is 20.1 Å². The number of carbonyl (C=O) groups is 1. The van der Waals surface area contributed by atoms with Gasteiger partial charge in [0.2, 0.25) is 0 Å². The number of nitrogens with zero attached hydrogens (tertiary/aromatic N) is 2. The largest absolute Gasteiger partial charge is 0.349 e. The predicted octanol–water partition coefficient (Wildman–Crippen LogP) is 3.73. The Kier molecular flexibility index (Phi) is 5.74. The van der Waals surface area contributed by atoms with E-state index >= 15 is 0 Å². The number of thiazole rings is 1. The lowest BCUT2D eigenvalue weighted by Crippen LogP contribution is -2.32. The molecule has 0 unspecified atom stereocenters. The van der Waals surface area contributed by atoms with Crippen LogP contribution in [0.2, 0.25) is 0 Å². The van der Waals surface area contributed by atoms with Crippen molar-refractivity contribution < 1.29 is 4.79 Å². The van der Waals surface area contributed by atoms with Crippen molar-refractivity contribution in [3.05, 3.63) is 63.8 Å². The lowest BCUT2D eigenvalue weighted by atomic mass is 10.2. The molecule has 0 atom stereocenters. The van der Waals surface area contributed by atoms with E-state index in [0.29, 0.717) is 12.2 Å². The van der Waals surface area contributed by atoms with Crippen molar-refractivity contribution in [1.82, 2.24) is 15.2 Å². The second kappa shape index (κ2) is 8.19. The molecule has 1 amide bonds. The second-order valence-corrected chi connectivity index (χ2v) is 7.17. The summed E-state index contributed by atoms with van der Waals surface area (Å²) >= 11 is 3.13. The molecule has 0 saturated heterocycles. The number of hydrogen-bond acceptors (Lipinski definition) is 5. The van der Waals surface area contributed by atoms with Gasteiger partial charge in [0.15, 0.2) is 0 Å². The first-order valence-corrected chi connectivity index (χ1v) is 9.53. The Bertz CT molecular complexity index is 769. The van der Waals surface area contributed by atoms with Gasteiger partial charge in [-0.05, 0) is 24.1 Å². The minimum atomic E-state index is -0.110. The summed E-state index contributed by atoms with van der Waals surface area (Å²) in [6.07, 6.45) is 0. The van der Waals surface area contributed by atoms with Gasteiger partial charge in [0, 0.05) is 36.0 Å². The van der Waals surface area contributed by atoms with Gasteiger partial charge < -0.3 is 10.2 Å². The van der Waals surface area contributed by atoms with Gasteiger partial charge in [0.05, 0.1) is 0 Å². The Morgan fingerprint density at radius 1 is 1.21 bits per heavy atom. The maximum absolute atomic E-state index is 12.2. The normalized spacial score (nSPS) is 10.9. The third kappa shape index (κ3) is 4.50. The van der Waals surface area contributed by atoms with Crippen LogP contribution in [0.4, 0.5) is 0 Å². The molecule has 0 saturated carbocycles. The molecule has 1 aromatic carbocycles. The molecule has 1 N–H and O–H groups in total. The number of likely N-dealkylation sites (N-methyl/N-ethyl adjacent to an activating group) is 1. The maximum atomic E-state index is 12.2. The zero-order chi connectivity index (χ0) is 16.8. The van der Waals surface area contributed by atoms with Crippen LogP contribution in [0.1, 0.15) is 16.1 Å². The topological polar surface area (TPSA) is 45.2 Å². The van der Waals surface area contributed by atoms with E-state index < -0.39 is 0 Å². The molecule has 0 bridgehead atoms. The van der Waals surface area contributed by atoms with Crippen LogP contribution in [-0.2, 0) is 6.54 Å². The van der Waals surface area contributed by atoms with Crippen LogP contribution in [0.3, 0.4) is 0 Å². The maximum Gasteiger partial charge on any atom is 0.270 e. The summed E-state index contributed by atoms with van der Waals surface area (Å²) < 4.78 is 0. The van der Waals surface area contributed by atoms with E-state index in [0.717, 1.165) is 23.7 Å². The lowest BCUT2D eigenvalue weighted by Gasteiger charge is -2.16. The van der Waals surface area contributed by atoms with E-state index in [9.17, 15) is 4.79 Å². The van der Waals surface area contributed by atoms with E-state index in [1.54, 1.807) is 11.3 Å². The number of aromatic nitrogens is 1. The van der Waals surface area contributed by atoms with Crippen molar-refractivity contribution in [1.29, 1.82) is 0 Å². The first-order valence-electron chi connectivity index (χ1n) is 7.71. The minimum absolute atomic E-state index is 0.110. The standard InChI is InChI=1S/C18H19N3OS2/c1-21(11-14-5-3-2-4-6-14)9-8-19-17(22)16-13-24-18(20-16)15-7-10-23-12-15/h2-7,10,12-13H,8-9,11H2,1H3,(H,19,22). The van der Waals surface area contributed by atoms with E-state index in [-0.39, 0.29) is 5.91 Å². The number of rotatable bonds is 7. The van der Waals surface area contributed by atoms with Gasteiger partial charge >= 0.3 is 0 Å². The lowest BCUT2D eigenvalue weighted by molar-refractivity contribution is 0.0945. The summed E-state index contributed by atoms with van der Waals surface area (Å²) in [5.41, 5.74) is 2.84. The summed E-state index contributed by atoms with van der Waals surface area (Å²) in [6, 6.07) is 12.3. The average Bonchev–Trinajstić information content (AvgIpc) is 3.27. The number of nitrogens with one attached hydrogen (secondary N) is 1. The summed E-state index contributed by atoms with van der Waals surface area (Å²) in [5.74, 6) is -0.110. The highest BCUT2D eigenvalue weighted by Gasteiger charge is 2.12. The van der Waals surface area contributed by atoms with Crippen molar-refractivity contribution in [2.24, 2.45) is 0 Å². The molecule has 0 fully saturated rings. The summed E-state index contributed by atoms with van der Waals surface area (Å²) in [5, 5.41) is 9.70. The molecule has 0 radical (unpaired) electrons. The highest BCUT2D eigenvalue weighted by atomic mass is 32.1. The molecular weight excluding hydrogens is 338 g/mol. The zero-order valence-electron chi connectivity index (χ0n) is 13.4. The number of amides is 1. The molecule has 4 nitrogen and oxygen atoms in total. The summed E-state index contributed by atoms with van der Waals surface area (Å²) in [7, 11) is 2.05. The minimum Gasteiger partial charge on any atom is -0.349 e. The molecule has 124 valence electrons. The van der Waals surface area contributed by atoms with E-state index in [1.165, 1.54) is 16.9 Å². The monoisotopic (exact) mass is 357 g/mol. The molecule has 3 rings (SSSR count). The van der Waals surface area contributed by atoms with Gasteiger partial charge in [-0.2, -0.15) is 11.3 Å². The van der Waals surface area contributed by atoms with Crippen molar-refractivity contribution >= 4 is 28.6 Å². The second-order valence-electron chi connectivity index (χ2n) is 5.53. The van der Waals surface area contributed by atoms with Crippen LogP contribution >= 0.6 is 22.7 Å². The first-order chi connectivity index (χ1) is 11.7. The van der Waals surface area contributed by atoms with Crippen molar-refractivity contribution in [2.45, 2.75) is 6.54 Å².